The van der Waals surface area contributed by atoms with Crippen molar-refractivity contribution in [1.82, 2.24) is 10.2 Å². The largest absolute Gasteiger partial charge is 0.350 e. The normalized spacial score (nSPS) is 15.3. The Kier molecular flexibility index (Phi) is 5.53. The first-order valence-electron chi connectivity index (χ1n) is 9.88. The van der Waals surface area contributed by atoms with Gasteiger partial charge in [0.2, 0.25) is 0 Å². The molecule has 3 aromatic carbocycles. The highest BCUT2D eigenvalue weighted by atomic mass is 16.6. The number of carbonyl (C=O) groups is 1. The quantitative estimate of drug-likeness (QED) is 0.503. The molecule has 0 radical (unpaired) electrons. The molecule has 6 nitrogen and oxygen atoms in total. The topological polar surface area (TPSA) is 75.5 Å². The third-order valence-electron chi connectivity index (χ3n) is 5.57. The molecule has 1 atom stereocenters. The van der Waals surface area contributed by atoms with Gasteiger partial charge in [-0.3, -0.25) is 19.8 Å². The van der Waals surface area contributed by atoms with Crippen molar-refractivity contribution in [2.45, 2.75) is 18.9 Å². The second-order valence-electron chi connectivity index (χ2n) is 7.31. The molecule has 1 fully saturated rings. The predicted molar refractivity (Wildman–Crippen MR) is 113 cm³/mol. The van der Waals surface area contributed by atoms with Gasteiger partial charge in [-0.2, -0.15) is 0 Å². The van der Waals surface area contributed by atoms with Crippen molar-refractivity contribution in [3.05, 3.63) is 88.0 Å². The number of benzene rings is 3. The molecule has 1 aliphatic rings. The number of nitrogens with one attached hydrogen (secondary N) is 1. The molecule has 29 heavy (non-hydrogen) atoms. The predicted octanol–water partition coefficient (Wildman–Crippen LogP) is 4.31. The number of fused-ring (bicyclic) bond motifs is 1. The summed E-state index contributed by atoms with van der Waals surface area (Å²) >= 11 is 0. The highest BCUT2D eigenvalue weighted by molar-refractivity contribution is 5.98. The number of hydrogen-bond donors (Lipinski definition) is 1. The monoisotopic (exact) mass is 389 g/mol. The first kappa shape index (κ1) is 19.1. The zero-order valence-corrected chi connectivity index (χ0v) is 16.1. The van der Waals surface area contributed by atoms with Crippen molar-refractivity contribution in [2.24, 2.45) is 0 Å². The number of nitro benzene ring substituents is 1. The van der Waals surface area contributed by atoms with E-state index < -0.39 is 10.8 Å². The van der Waals surface area contributed by atoms with E-state index in [1.54, 1.807) is 12.1 Å². The Labute approximate surface area is 169 Å². The number of amides is 1. The molecule has 1 saturated heterocycles. The lowest BCUT2D eigenvalue weighted by Gasteiger charge is -2.29. The van der Waals surface area contributed by atoms with Crippen LogP contribution in [-0.2, 0) is 0 Å². The number of hydrogen-bond acceptors (Lipinski definition) is 4. The van der Waals surface area contributed by atoms with Gasteiger partial charge in [0, 0.05) is 12.6 Å². The molecule has 1 unspecified atom stereocenters. The summed E-state index contributed by atoms with van der Waals surface area (Å²) in [6, 6.07) is 20.6. The van der Waals surface area contributed by atoms with Crippen LogP contribution in [0.3, 0.4) is 0 Å². The van der Waals surface area contributed by atoms with Gasteiger partial charge in [0.05, 0.1) is 11.0 Å². The first-order valence-corrected chi connectivity index (χ1v) is 9.88. The van der Waals surface area contributed by atoms with Crippen LogP contribution >= 0.6 is 0 Å². The summed E-state index contributed by atoms with van der Waals surface area (Å²) in [4.78, 5) is 25.9. The molecule has 148 valence electrons. The minimum absolute atomic E-state index is 0.0234. The summed E-state index contributed by atoms with van der Waals surface area (Å²) in [6.07, 6.45) is 2.28. The van der Waals surface area contributed by atoms with E-state index in [-0.39, 0.29) is 17.3 Å². The molecular formula is C23H23N3O3. The summed E-state index contributed by atoms with van der Waals surface area (Å²) in [5, 5.41) is 16.5. The first-order chi connectivity index (χ1) is 14.1. The molecule has 0 aliphatic carbocycles. The fourth-order valence-corrected chi connectivity index (χ4v) is 4.14. The summed E-state index contributed by atoms with van der Waals surface area (Å²) in [7, 11) is 0. The third kappa shape index (κ3) is 3.98. The van der Waals surface area contributed by atoms with E-state index in [9.17, 15) is 14.9 Å². The van der Waals surface area contributed by atoms with Gasteiger partial charge >= 0.3 is 0 Å². The van der Waals surface area contributed by atoms with Crippen LogP contribution in [0.1, 0.15) is 34.8 Å². The summed E-state index contributed by atoms with van der Waals surface area (Å²) in [5.74, 6) is -0.415. The van der Waals surface area contributed by atoms with E-state index in [0.717, 1.165) is 25.9 Å². The Balaban J connectivity index is 1.62. The van der Waals surface area contributed by atoms with Crippen molar-refractivity contribution < 1.29 is 9.72 Å². The van der Waals surface area contributed by atoms with Crippen LogP contribution < -0.4 is 5.32 Å². The zero-order chi connectivity index (χ0) is 20.2. The second kappa shape index (κ2) is 8.41. The summed E-state index contributed by atoms with van der Waals surface area (Å²) in [5.41, 5.74) is 1.09. The molecule has 1 heterocycles. The van der Waals surface area contributed by atoms with E-state index in [1.165, 1.54) is 28.5 Å². The van der Waals surface area contributed by atoms with Gasteiger partial charge in [0.1, 0.15) is 5.56 Å². The smallest absolute Gasteiger partial charge is 0.282 e. The molecule has 6 heteroatoms. The molecule has 1 N–H and O–H groups in total. The minimum atomic E-state index is -0.516. The molecule has 0 aromatic heterocycles. The molecule has 4 rings (SSSR count). The maximum absolute atomic E-state index is 12.8. The summed E-state index contributed by atoms with van der Waals surface area (Å²) < 4.78 is 0. The zero-order valence-electron chi connectivity index (χ0n) is 16.1. The fraction of sp³-hybridized carbons (Fsp3) is 0.261. The maximum atomic E-state index is 12.8. The van der Waals surface area contributed by atoms with E-state index in [4.69, 9.17) is 0 Å². The van der Waals surface area contributed by atoms with Gasteiger partial charge in [0.15, 0.2) is 0 Å². The van der Waals surface area contributed by atoms with Gasteiger partial charge in [-0.25, -0.2) is 0 Å². The van der Waals surface area contributed by atoms with Crippen molar-refractivity contribution in [1.29, 1.82) is 0 Å². The SMILES string of the molecule is O=C(NCC(c1cccc2ccccc12)N1CCCC1)c1ccccc1[N+](=O)[O-]. The number of nitro groups is 1. The van der Waals surface area contributed by atoms with E-state index in [2.05, 4.69) is 34.5 Å². The Morgan fingerprint density at radius 2 is 1.69 bits per heavy atom. The highest BCUT2D eigenvalue weighted by Crippen LogP contribution is 2.30. The third-order valence-corrected chi connectivity index (χ3v) is 5.57. The van der Waals surface area contributed by atoms with Crippen molar-refractivity contribution in [3.8, 4) is 0 Å². The Morgan fingerprint density at radius 1 is 1.00 bits per heavy atom. The Hall–Kier alpha value is -3.25. The number of carbonyl (C=O) groups excluding carboxylic acids is 1. The molecule has 1 amide bonds. The maximum Gasteiger partial charge on any atom is 0.282 e. The van der Waals surface area contributed by atoms with Crippen LogP contribution in [0.25, 0.3) is 10.8 Å². The second-order valence-corrected chi connectivity index (χ2v) is 7.31. The molecular weight excluding hydrogens is 366 g/mol. The van der Waals surface area contributed by atoms with E-state index in [0.29, 0.717) is 6.54 Å². The van der Waals surface area contributed by atoms with Gasteiger partial charge in [-0.1, -0.05) is 54.6 Å². The van der Waals surface area contributed by atoms with Crippen LogP contribution in [0.5, 0.6) is 0 Å². The number of para-hydroxylation sites is 1. The lowest BCUT2D eigenvalue weighted by atomic mass is 9.97. The Morgan fingerprint density at radius 3 is 2.48 bits per heavy atom. The lowest BCUT2D eigenvalue weighted by molar-refractivity contribution is -0.385. The van der Waals surface area contributed by atoms with Crippen molar-refractivity contribution >= 4 is 22.4 Å². The average molecular weight is 389 g/mol. The molecule has 1 aliphatic heterocycles. The van der Waals surface area contributed by atoms with E-state index >= 15 is 0 Å². The molecule has 0 bridgehead atoms. The molecule has 0 spiro atoms. The van der Waals surface area contributed by atoms with Gasteiger partial charge in [-0.15, -0.1) is 0 Å². The van der Waals surface area contributed by atoms with Gasteiger partial charge in [0.25, 0.3) is 11.6 Å². The number of likely N-dealkylation sites (tertiary alicyclic amines) is 1. The standard InChI is InChI=1S/C23H23N3O3/c27-23(20-11-3-4-13-21(20)26(28)29)24-16-22(25-14-5-6-15-25)19-12-7-9-17-8-1-2-10-18(17)19/h1-4,7-13,22H,5-6,14-16H2,(H,24,27). The highest BCUT2D eigenvalue weighted by Gasteiger charge is 2.26. The van der Waals surface area contributed by atoms with Crippen LogP contribution in [0.2, 0.25) is 0 Å². The van der Waals surface area contributed by atoms with Crippen LogP contribution in [0, 0.1) is 10.1 Å². The Bertz CT molecular complexity index is 1040. The van der Waals surface area contributed by atoms with Crippen LogP contribution in [-0.4, -0.2) is 35.4 Å². The summed E-state index contributed by atoms with van der Waals surface area (Å²) in [6.45, 7) is 2.36. The molecule has 0 saturated carbocycles. The number of rotatable bonds is 6. The van der Waals surface area contributed by atoms with Gasteiger partial charge in [-0.05, 0) is 48.3 Å². The number of nitrogens with zero attached hydrogens (tertiary/aromatic N) is 2. The van der Waals surface area contributed by atoms with Crippen LogP contribution in [0.4, 0.5) is 5.69 Å². The van der Waals surface area contributed by atoms with Crippen molar-refractivity contribution in [3.63, 3.8) is 0 Å². The lowest BCUT2D eigenvalue weighted by Crippen LogP contribution is -2.37. The average Bonchev–Trinajstić information content (AvgIpc) is 3.28. The fourth-order valence-electron chi connectivity index (χ4n) is 4.14. The van der Waals surface area contributed by atoms with Crippen molar-refractivity contribution in [2.75, 3.05) is 19.6 Å². The van der Waals surface area contributed by atoms with Crippen LogP contribution in [0.15, 0.2) is 66.7 Å². The minimum Gasteiger partial charge on any atom is -0.350 e. The van der Waals surface area contributed by atoms with E-state index in [1.807, 2.05) is 18.2 Å². The van der Waals surface area contributed by atoms with Gasteiger partial charge < -0.3 is 5.32 Å². The molecule has 3 aromatic rings.